The van der Waals surface area contributed by atoms with Gasteiger partial charge in [0.2, 0.25) is 0 Å². The maximum absolute atomic E-state index is 10.9. The van der Waals surface area contributed by atoms with E-state index in [4.69, 9.17) is 5.11 Å². The molecule has 19 heavy (non-hydrogen) atoms. The first-order valence-corrected chi connectivity index (χ1v) is 6.45. The molecule has 1 N–H and O–H groups in total. The van der Waals surface area contributed by atoms with Crippen molar-refractivity contribution in [1.29, 1.82) is 0 Å². The minimum atomic E-state index is -0.864. The number of aromatic nitrogens is 1. The molecule has 1 aromatic carbocycles. The van der Waals surface area contributed by atoms with E-state index in [1.165, 1.54) is 24.0 Å². The second-order valence-corrected chi connectivity index (χ2v) is 4.87. The second kappa shape index (κ2) is 5.66. The molecule has 0 amide bonds. The van der Waals surface area contributed by atoms with E-state index in [1.54, 1.807) is 18.2 Å². The number of benzene rings is 1. The average molecular weight is 278 g/mol. The number of carboxylic acids is 1. The Bertz CT molecular complexity index is 645. The van der Waals surface area contributed by atoms with Crippen LogP contribution in [0.4, 0.5) is 5.69 Å². The van der Waals surface area contributed by atoms with Crippen LogP contribution in [0.1, 0.15) is 6.42 Å². The number of rotatable bonds is 5. The van der Waals surface area contributed by atoms with E-state index in [2.05, 4.69) is 4.98 Å². The minimum absolute atomic E-state index is 0.0433. The molecule has 2 aromatic rings. The van der Waals surface area contributed by atoms with Crippen molar-refractivity contribution in [3.63, 3.8) is 0 Å². The molecule has 0 aliphatic rings. The number of carbonyl (C=O) groups is 1. The first kappa shape index (κ1) is 13.3. The summed E-state index contributed by atoms with van der Waals surface area (Å²) < 4.78 is 0. The molecule has 0 radical (unpaired) electrons. The number of nitro benzene ring substituents is 1. The van der Waals surface area contributed by atoms with Crippen LogP contribution in [0.2, 0.25) is 0 Å². The van der Waals surface area contributed by atoms with Gasteiger partial charge in [-0.2, -0.15) is 0 Å². The van der Waals surface area contributed by atoms with E-state index in [1.807, 2.05) is 0 Å². The number of nitro groups is 1. The van der Waals surface area contributed by atoms with Crippen molar-refractivity contribution < 1.29 is 14.8 Å². The molecule has 98 valence electrons. The number of hydrogen-bond acceptors (Lipinski definition) is 5. The number of pyridine rings is 1. The fourth-order valence-electron chi connectivity index (χ4n) is 1.65. The molecule has 0 spiro atoms. The summed E-state index contributed by atoms with van der Waals surface area (Å²) in [6, 6.07) is 6.48. The molecule has 0 atom stereocenters. The summed E-state index contributed by atoms with van der Waals surface area (Å²) in [5.41, 5.74) is 0.283. The summed E-state index contributed by atoms with van der Waals surface area (Å²) in [4.78, 5) is 25.8. The normalized spacial score (nSPS) is 10.5. The lowest BCUT2D eigenvalue weighted by Gasteiger charge is -2.05. The van der Waals surface area contributed by atoms with E-state index >= 15 is 0 Å². The molecule has 0 unspecified atom stereocenters. The maximum atomic E-state index is 10.9. The Labute approximate surface area is 112 Å². The van der Waals surface area contributed by atoms with E-state index in [0.717, 1.165) is 4.90 Å². The fourth-order valence-corrected chi connectivity index (χ4v) is 2.63. The Morgan fingerprint density at radius 1 is 1.42 bits per heavy atom. The van der Waals surface area contributed by atoms with Gasteiger partial charge in [0, 0.05) is 28.3 Å². The number of non-ortho nitro benzene ring substituents is 1. The molecule has 0 saturated heterocycles. The first-order chi connectivity index (χ1) is 9.09. The van der Waals surface area contributed by atoms with Crippen LogP contribution < -0.4 is 0 Å². The molecule has 2 rings (SSSR count). The minimum Gasteiger partial charge on any atom is -0.481 e. The average Bonchev–Trinajstić information content (AvgIpc) is 2.38. The van der Waals surface area contributed by atoms with Gasteiger partial charge in [0.05, 0.1) is 11.3 Å². The van der Waals surface area contributed by atoms with Crippen LogP contribution in [0.5, 0.6) is 0 Å². The number of thioether (sulfide) groups is 1. The van der Waals surface area contributed by atoms with Gasteiger partial charge in [-0.15, -0.1) is 11.8 Å². The van der Waals surface area contributed by atoms with Crippen molar-refractivity contribution in [2.24, 2.45) is 0 Å². The van der Waals surface area contributed by atoms with Crippen LogP contribution in [0.3, 0.4) is 0 Å². The lowest BCUT2D eigenvalue weighted by Crippen LogP contribution is -1.96. The van der Waals surface area contributed by atoms with Crippen LogP contribution in [-0.4, -0.2) is 26.7 Å². The third kappa shape index (κ3) is 3.00. The molecule has 7 heteroatoms. The van der Waals surface area contributed by atoms with Gasteiger partial charge in [-0.25, -0.2) is 4.98 Å². The second-order valence-electron chi connectivity index (χ2n) is 3.73. The van der Waals surface area contributed by atoms with Gasteiger partial charge in [0.1, 0.15) is 5.52 Å². The summed E-state index contributed by atoms with van der Waals surface area (Å²) in [5.74, 6) is -0.450. The van der Waals surface area contributed by atoms with Crippen molar-refractivity contribution in [2.45, 2.75) is 11.3 Å². The van der Waals surface area contributed by atoms with Gasteiger partial charge in [0.25, 0.3) is 5.69 Å². The molecule has 0 fully saturated rings. The van der Waals surface area contributed by atoms with Crippen molar-refractivity contribution in [3.05, 3.63) is 40.6 Å². The SMILES string of the molecule is O=C(O)CCSc1ccc([N+](=O)[O-])c2ncccc12. The zero-order valence-electron chi connectivity index (χ0n) is 9.78. The highest BCUT2D eigenvalue weighted by Crippen LogP contribution is 2.32. The largest absolute Gasteiger partial charge is 0.481 e. The van der Waals surface area contributed by atoms with Crippen LogP contribution >= 0.6 is 11.8 Å². The highest BCUT2D eigenvalue weighted by Gasteiger charge is 2.15. The molecule has 1 aromatic heterocycles. The van der Waals surface area contributed by atoms with Crippen molar-refractivity contribution in [3.8, 4) is 0 Å². The van der Waals surface area contributed by atoms with Crippen LogP contribution in [-0.2, 0) is 4.79 Å². The van der Waals surface area contributed by atoms with Crippen molar-refractivity contribution in [2.75, 3.05) is 5.75 Å². The summed E-state index contributed by atoms with van der Waals surface area (Å²) in [7, 11) is 0. The zero-order valence-corrected chi connectivity index (χ0v) is 10.6. The van der Waals surface area contributed by atoms with Crippen LogP contribution in [0.25, 0.3) is 10.9 Å². The summed E-state index contributed by atoms with van der Waals surface area (Å²) in [5, 5.41) is 20.2. The number of hydrogen-bond donors (Lipinski definition) is 1. The van der Waals surface area contributed by atoms with Gasteiger partial charge in [-0.1, -0.05) is 0 Å². The topological polar surface area (TPSA) is 93.3 Å². The fraction of sp³-hybridized carbons (Fsp3) is 0.167. The third-order valence-corrected chi connectivity index (χ3v) is 3.55. The molecule has 0 aliphatic carbocycles. The molecule has 0 bridgehead atoms. The number of nitrogens with zero attached hydrogens (tertiary/aromatic N) is 2. The molecule has 6 nitrogen and oxygen atoms in total. The van der Waals surface area contributed by atoms with Crippen LogP contribution in [0.15, 0.2) is 35.4 Å². The van der Waals surface area contributed by atoms with Crippen molar-refractivity contribution in [1.82, 2.24) is 4.98 Å². The molecule has 0 saturated carbocycles. The van der Waals surface area contributed by atoms with Gasteiger partial charge in [-0.05, 0) is 18.2 Å². The highest BCUT2D eigenvalue weighted by molar-refractivity contribution is 7.99. The zero-order chi connectivity index (χ0) is 13.8. The summed E-state index contributed by atoms with van der Waals surface area (Å²) in [6.07, 6.45) is 1.55. The Hall–Kier alpha value is -2.15. The number of fused-ring (bicyclic) bond motifs is 1. The van der Waals surface area contributed by atoms with Gasteiger partial charge in [-0.3, -0.25) is 14.9 Å². The standard InChI is InChI=1S/C12H10N2O4S/c15-11(16)5-7-19-10-4-3-9(14(17)18)12-8(10)2-1-6-13-12/h1-4,6H,5,7H2,(H,15,16). The Balaban J connectivity index is 2.38. The van der Waals surface area contributed by atoms with Gasteiger partial charge >= 0.3 is 5.97 Å². The Kier molecular flexibility index (Phi) is 3.96. The predicted molar refractivity (Wildman–Crippen MR) is 71.4 cm³/mol. The van der Waals surface area contributed by atoms with Crippen LogP contribution in [0, 0.1) is 10.1 Å². The van der Waals surface area contributed by atoms with E-state index < -0.39 is 10.9 Å². The monoisotopic (exact) mass is 278 g/mol. The highest BCUT2D eigenvalue weighted by atomic mass is 32.2. The molecular formula is C12H10N2O4S. The van der Waals surface area contributed by atoms with E-state index in [9.17, 15) is 14.9 Å². The quantitative estimate of drug-likeness (QED) is 0.513. The number of aliphatic carboxylic acids is 1. The first-order valence-electron chi connectivity index (χ1n) is 5.46. The third-order valence-electron chi connectivity index (χ3n) is 2.48. The van der Waals surface area contributed by atoms with Crippen molar-refractivity contribution >= 4 is 34.3 Å². The molecular weight excluding hydrogens is 268 g/mol. The number of carboxylic acid groups (broad SMARTS) is 1. The predicted octanol–water partition coefficient (Wildman–Crippen LogP) is 2.71. The van der Waals surface area contributed by atoms with E-state index in [0.29, 0.717) is 16.7 Å². The maximum Gasteiger partial charge on any atom is 0.304 e. The van der Waals surface area contributed by atoms with Gasteiger partial charge < -0.3 is 5.11 Å². The smallest absolute Gasteiger partial charge is 0.304 e. The lowest BCUT2D eigenvalue weighted by molar-refractivity contribution is -0.383. The lowest BCUT2D eigenvalue weighted by atomic mass is 10.2. The molecule has 0 aliphatic heterocycles. The van der Waals surface area contributed by atoms with Gasteiger partial charge in [0.15, 0.2) is 0 Å². The molecule has 1 heterocycles. The summed E-state index contributed by atoms with van der Waals surface area (Å²) >= 11 is 1.36. The summed E-state index contributed by atoms with van der Waals surface area (Å²) in [6.45, 7) is 0. The van der Waals surface area contributed by atoms with E-state index in [-0.39, 0.29) is 12.1 Å². The Morgan fingerprint density at radius 3 is 2.89 bits per heavy atom. The Morgan fingerprint density at radius 2 is 2.21 bits per heavy atom.